The van der Waals surface area contributed by atoms with Crippen LogP contribution in [0, 0.1) is 28.6 Å². The van der Waals surface area contributed by atoms with Gasteiger partial charge in [-0.05, 0) is 80.6 Å². The molecule has 0 aromatic rings. The number of aliphatic hydroxyl groups is 17. The zero-order chi connectivity index (χ0) is 56.2. The first-order valence-electron chi connectivity index (χ1n) is 26.5. The minimum absolute atomic E-state index is 0.0203. The molecule has 28 unspecified atom stereocenters. The van der Waals surface area contributed by atoms with Crippen LogP contribution in [0.4, 0.5) is 0 Å². The summed E-state index contributed by atoms with van der Waals surface area (Å²) in [4.78, 5) is 14.8. The number of ether oxygens (including phenoxy) is 10. The highest BCUT2D eigenvalue weighted by Crippen LogP contribution is 2.64. The van der Waals surface area contributed by atoms with Crippen LogP contribution in [0.3, 0.4) is 0 Å². The van der Waals surface area contributed by atoms with Gasteiger partial charge in [0, 0.05) is 0 Å². The number of esters is 1. The average Bonchev–Trinajstić information content (AvgIpc) is 3.71. The summed E-state index contributed by atoms with van der Waals surface area (Å²) in [6, 6.07) is 0. The summed E-state index contributed by atoms with van der Waals surface area (Å²) in [6.45, 7) is 4.19. The topological polar surface area (TPSA) is 453 Å². The van der Waals surface area contributed by atoms with Crippen molar-refractivity contribution in [3.8, 4) is 0 Å². The molecule has 28 nitrogen and oxygen atoms in total. The third kappa shape index (κ3) is 11.6. The maximum absolute atomic E-state index is 14.8. The number of hydrogen-bond acceptors (Lipinski definition) is 28. The lowest BCUT2D eigenvalue weighted by Gasteiger charge is -2.59. The van der Waals surface area contributed by atoms with E-state index in [0.29, 0.717) is 56.9 Å². The lowest BCUT2D eigenvalue weighted by molar-refractivity contribution is -0.395. The van der Waals surface area contributed by atoms with Gasteiger partial charge in [0.2, 0.25) is 6.29 Å². The van der Waals surface area contributed by atoms with E-state index in [0.717, 1.165) is 0 Å². The Balaban J connectivity index is 0.991. The van der Waals surface area contributed by atoms with Gasteiger partial charge in [-0.2, -0.15) is 0 Å². The van der Waals surface area contributed by atoms with E-state index in [-0.39, 0.29) is 17.8 Å². The largest absolute Gasteiger partial charge is 0.432 e. The van der Waals surface area contributed by atoms with Gasteiger partial charge in [-0.1, -0.05) is 19.9 Å². The molecule has 5 heterocycles. The highest BCUT2D eigenvalue weighted by molar-refractivity contribution is 5.77. The first kappa shape index (κ1) is 61.2. The molecule has 5 saturated heterocycles. The van der Waals surface area contributed by atoms with Crippen LogP contribution in [0.2, 0.25) is 0 Å². The molecular formula is C49H80O28. The van der Waals surface area contributed by atoms with Gasteiger partial charge >= 0.3 is 5.97 Å². The SMILES string of the molecule is C=C1CC2CCC3[C@](C)(C(=O)OC4OC(CO)C(O)C(O)C4OC4OC(CO)C(O)C(O)C4O)CCC[C@@]3(C)[C@@H]2CCC1OC1OC(CO)C(O)C(O)C1OC1OC(CO)C(O)C(O)C1OC1OC(CO)C(O)C(O)C1O. The fourth-order valence-corrected chi connectivity index (χ4v) is 13.5. The van der Waals surface area contributed by atoms with Crippen LogP contribution in [-0.4, -0.2) is 285 Å². The molecule has 77 heavy (non-hydrogen) atoms. The normalized spacial score (nSPS) is 52.7. The Morgan fingerprint density at radius 2 is 0.870 bits per heavy atom. The summed E-state index contributed by atoms with van der Waals surface area (Å²) in [7, 11) is 0. The van der Waals surface area contributed by atoms with E-state index < -0.39 is 209 Å². The monoisotopic (exact) mass is 1120 g/mol. The van der Waals surface area contributed by atoms with Crippen molar-refractivity contribution in [3.05, 3.63) is 12.2 Å². The minimum atomic E-state index is -1.98. The number of carbonyl (C=O) groups excluding carboxylic acids is 1. The van der Waals surface area contributed by atoms with E-state index in [1.54, 1.807) is 6.92 Å². The van der Waals surface area contributed by atoms with Crippen LogP contribution in [0.25, 0.3) is 0 Å². The maximum atomic E-state index is 14.8. The second-order valence-electron chi connectivity index (χ2n) is 22.6. The predicted molar refractivity (Wildman–Crippen MR) is 249 cm³/mol. The third-order valence-corrected chi connectivity index (χ3v) is 18.0. The highest BCUT2D eigenvalue weighted by Gasteiger charge is 2.62. The van der Waals surface area contributed by atoms with Crippen molar-refractivity contribution < 1.29 is 139 Å². The molecule has 8 aliphatic rings. The molecule has 8 rings (SSSR count). The lowest BCUT2D eigenvalue weighted by atomic mass is 9.45. The van der Waals surface area contributed by atoms with Crippen molar-refractivity contribution in [3.63, 3.8) is 0 Å². The molecule has 31 atom stereocenters. The first-order valence-corrected chi connectivity index (χ1v) is 26.5. The van der Waals surface area contributed by atoms with Crippen LogP contribution < -0.4 is 0 Å². The fraction of sp³-hybridized carbons (Fsp3) is 0.939. The lowest BCUT2D eigenvalue weighted by Crippen LogP contribution is -2.67. The minimum Gasteiger partial charge on any atom is -0.432 e. The molecule has 17 N–H and O–H groups in total. The van der Waals surface area contributed by atoms with Crippen molar-refractivity contribution in [1.82, 2.24) is 0 Å². The molecule has 5 aliphatic heterocycles. The zero-order valence-electron chi connectivity index (χ0n) is 42.7. The van der Waals surface area contributed by atoms with Gasteiger partial charge < -0.3 is 134 Å². The summed E-state index contributed by atoms with van der Waals surface area (Å²) < 4.78 is 59.1. The standard InChI is InChI=1S/C49H80O28/c1-17-11-18-5-8-26-48(2,9-4-10-49(26,3)47(67)77-46-41(36(64)31(59)25(16-54)73-46)75-43-38(66)33(61)28(56)22(13-51)70-43)19(18)6-7-20(17)68-44-39(34(62)29(57)23(14-52)71-44)76-45-40(35(63)30(58)24(15-53)72-45)74-42-37(65)32(60)27(55)21(12-50)69-42/h18-46,50-66H,1,4-16H2,2-3H3/t18?,19-,20?,21?,22?,23?,24?,25?,26?,27?,28?,29?,30?,31?,32?,33?,34?,35?,36?,37?,38?,39?,40?,41?,42?,43?,44?,45?,46?,48+,49-/m1/s1. The van der Waals surface area contributed by atoms with Gasteiger partial charge in [-0.25, -0.2) is 0 Å². The average molecular weight is 1120 g/mol. The molecule has 444 valence electrons. The quantitative estimate of drug-likeness (QED) is 0.0535. The van der Waals surface area contributed by atoms with Crippen LogP contribution in [-0.2, 0) is 52.2 Å². The molecule has 8 fully saturated rings. The molecule has 3 aliphatic carbocycles. The summed E-state index contributed by atoms with van der Waals surface area (Å²) in [5.41, 5.74) is -1.09. The summed E-state index contributed by atoms with van der Waals surface area (Å²) in [6.07, 6.45) is -40.8. The van der Waals surface area contributed by atoms with E-state index in [9.17, 15) is 91.6 Å². The molecule has 0 aromatic carbocycles. The summed E-state index contributed by atoms with van der Waals surface area (Å²) >= 11 is 0. The molecule has 0 aromatic heterocycles. The van der Waals surface area contributed by atoms with Gasteiger partial charge in [0.05, 0.1) is 44.6 Å². The van der Waals surface area contributed by atoms with Crippen molar-refractivity contribution in [2.24, 2.45) is 28.6 Å². The Kier molecular flexibility index (Phi) is 19.8. The molecular weight excluding hydrogens is 1040 g/mol. The van der Waals surface area contributed by atoms with E-state index in [1.165, 1.54) is 0 Å². The number of hydrogen-bond donors (Lipinski definition) is 17. The van der Waals surface area contributed by atoms with E-state index in [1.807, 2.05) is 0 Å². The van der Waals surface area contributed by atoms with Crippen LogP contribution in [0.5, 0.6) is 0 Å². The Bertz CT molecular complexity index is 1950. The summed E-state index contributed by atoms with van der Waals surface area (Å²) in [5, 5.41) is 180. The number of aliphatic hydroxyl groups excluding tert-OH is 17. The molecule has 28 heteroatoms. The molecule has 0 spiro atoms. The Labute approximate surface area is 442 Å². The van der Waals surface area contributed by atoms with Gasteiger partial charge in [0.1, 0.15) is 116 Å². The van der Waals surface area contributed by atoms with Gasteiger partial charge in [-0.15, -0.1) is 0 Å². The predicted octanol–water partition coefficient (Wildman–Crippen LogP) is -7.43. The van der Waals surface area contributed by atoms with Gasteiger partial charge in [0.25, 0.3) is 0 Å². The number of rotatable bonds is 15. The molecule has 0 radical (unpaired) electrons. The van der Waals surface area contributed by atoms with Crippen molar-refractivity contribution in [2.45, 2.75) is 225 Å². The second kappa shape index (κ2) is 24.9. The highest BCUT2D eigenvalue weighted by atomic mass is 16.8. The van der Waals surface area contributed by atoms with E-state index in [2.05, 4.69) is 13.5 Å². The van der Waals surface area contributed by atoms with Crippen LogP contribution in [0.1, 0.15) is 65.2 Å². The Morgan fingerprint density at radius 1 is 0.481 bits per heavy atom. The van der Waals surface area contributed by atoms with Crippen LogP contribution in [0.15, 0.2) is 12.2 Å². The fourth-order valence-electron chi connectivity index (χ4n) is 13.5. The first-order chi connectivity index (χ1) is 36.5. The van der Waals surface area contributed by atoms with Gasteiger partial charge in [-0.3, -0.25) is 4.79 Å². The molecule has 3 saturated carbocycles. The van der Waals surface area contributed by atoms with E-state index in [4.69, 9.17) is 47.4 Å². The van der Waals surface area contributed by atoms with Crippen molar-refractivity contribution in [2.75, 3.05) is 33.0 Å². The van der Waals surface area contributed by atoms with Crippen molar-refractivity contribution in [1.29, 1.82) is 0 Å². The van der Waals surface area contributed by atoms with Crippen LogP contribution >= 0.6 is 0 Å². The third-order valence-electron chi connectivity index (χ3n) is 18.0. The Morgan fingerprint density at radius 3 is 1.32 bits per heavy atom. The zero-order valence-corrected chi connectivity index (χ0v) is 42.7. The smallest absolute Gasteiger partial charge is 0.314 e. The second-order valence-corrected chi connectivity index (χ2v) is 22.6. The van der Waals surface area contributed by atoms with Crippen molar-refractivity contribution >= 4 is 5.97 Å². The summed E-state index contributed by atoms with van der Waals surface area (Å²) in [5.74, 6) is -1.09. The number of fused-ring (bicyclic) bond motifs is 3. The Hall–Kier alpha value is -1.83. The van der Waals surface area contributed by atoms with Gasteiger partial charge in [0.15, 0.2) is 31.3 Å². The molecule has 0 bridgehead atoms. The molecule has 0 amide bonds. The van der Waals surface area contributed by atoms with E-state index >= 15 is 0 Å². The number of carbonyl (C=O) groups is 1. The maximum Gasteiger partial charge on any atom is 0.314 e.